The van der Waals surface area contributed by atoms with Crippen LogP contribution >= 0.6 is 0 Å². The van der Waals surface area contributed by atoms with Gasteiger partial charge in [-0.05, 0) is 36.8 Å². The van der Waals surface area contributed by atoms with Gasteiger partial charge in [-0.2, -0.15) is 0 Å². The minimum absolute atomic E-state index is 0.0654. The van der Waals surface area contributed by atoms with Gasteiger partial charge in [-0.3, -0.25) is 14.6 Å². The molecule has 2 aliphatic rings. The quantitative estimate of drug-likeness (QED) is 0.663. The van der Waals surface area contributed by atoms with Gasteiger partial charge in [0.15, 0.2) is 0 Å². The van der Waals surface area contributed by atoms with E-state index < -0.39 is 0 Å². The van der Waals surface area contributed by atoms with Crippen molar-refractivity contribution in [3.63, 3.8) is 0 Å². The molecule has 1 aromatic rings. The maximum absolute atomic E-state index is 12.6. The Morgan fingerprint density at radius 1 is 1.06 bits per heavy atom. The molecule has 3 rings (SSSR count). The molecule has 0 spiro atoms. The fraction of sp³-hybridized carbons (Fsp3) is 0.720. The molecular formula is C25H42N4O2. The van der Waals surface area contributed by atoms with Crippen LogP contribution in [0.25, 0.3) is 0 Å². The van der Waals surface area contributed by atoms with Gasteiger partial charge >= 0.3 is 0 Å². The summed E-state index contributed by atoms with van der Waals surface area (Å²) in [4.78, 5) is 17.5. The van der Waals surface area contributed by atoms with Crippen LogP contribution in [0.4, 0.5) is 0 Å². The molecule has 174 valence electrons. The monoisotopic (exact) mass is 430 g/mol. The predicted octanol–water partition coefficient (Wildman–Crippen LogP) is 2.28. The van der Waals surface area contributed by atoms with Crippen LogP contribution in [0.3, 0.4) is 0 Å². The van der Waals surface area contributed by atoms with Gasteiger partial charge < -0.3 is 15.4 Å². The molecule has 6 heteroatoms. The third kappa shape index (κ3) is 7.01. The number of rotatable bonds is 8. The van der Waals surface area contributed by atoms with E-state index in [4.69, 9.17) is 4.74 Å². The average Bonchev–Trinajstić information content (AvgIpc) is 2.75. The number of hydrogen-bond acceptors (Lipinski definition) is 5. The van der Waals surface area contributed by atoms with Gasteiger partial charge in [0.25, 0.3) is 0 Å². The van der Waals surface area contributed by atoms with Crippen LogP contribution in [0.15, 0.2) is 24.3 Å². The zero-order chi connectivity index (χ0) is 22.5. The summed E-state index contributed by atoms with van der Waals surface area (Å²) in [5.41, 5.74) is 2.92. The molecule has 0 aliphatic carbocycles. The molecule has 2 aliphatic heterocycles. The number of morpholine rings is 1. The van der Waals surface area contributed by atoms with Crippen LogP contribution < -0.4 is 10.6 Å². The van der Waals surface area contributed by atoms with E-state index in [0.29, 0.717) is 13.1 Å². The van der Waals surface area contributed by atoms with Crippen molar-refractivity contribution in [2.75, 3.05) is 52.5 Å². The van der Waals surface area contributed by atoms with E-state index in [1.807, 2.05) is 0 Å². The van der Waals surface area contributed by atoms with Crippen LogP contribution in [0.5, 0.6) is 0 Å². The predicted molar refractivity (Wildman–Crippen MR) is 126 cm³/mol. The second kappa shape index (κ2) is 10.4. The number of hydrogen-bond donors (Lipinski definition) is 2. The summed E-state index contributed by atoms with van der Waals surface area (Å²) < 4.78 is 5.46. The van der Waals surface area contributed by atoms with Crippen molar-refractivity contribution >= 4 is 5.91 Å². The molecule has 2 heterocycles. The minimum Gasteiger partial charge on any atom is -0.379 e. The van der Waals surface area contributed by atoms with Gasteiger partial charge in [-0.15, -0.1) is 0 Å². The molecule has 1 aromatic carbocycles. The molecule has 0 bridgehead atoms. The molecule has 0 aromatic heterocycles. The Labute approximate surface area is 188 Å². The van der Waals surface area contributed by atoms with Crippen LogP contribution in [-0.4, -0.2) is 79.8 Å². The number of ether oxygens (including phenoxy) is 1. The van der Waals surface area contributed by atoms with Crippen molar-refractivity contribution in [3.8, 4) is 0 Å². The third-order valence-electron chi connectivity index (χ3n) is 6.79. The zero-order valence-electron chi connectivity index (χ0n) is 20.2. The second-order valence-corrected chi connectivity index (χ2v) is 10.7. The Balaban J connectivity index is 1.48. The summed E-state index contributed by atoms with van der Waals surface area (Å²) in [6.07, 6.45) is 1.10. The minimum atomic E-state index is -0.0654. The average molecular weight is 431 g/mol. The standard InChI is InChI=1S/C25H42N4O2/c1-24(2,3)22(18-28-11-10-20-8-6-7-9-21(20)17-28)26-16-23(30)27-19-25(4,5)29-12-14-31-15-13-29/h6-9,22,26H,10-19H2,1-5H3,(H,27,30)/t22-/m0/s1. The fourth-order valence-electron chi connectivity index (χ4n) is 4.49. The lowest BCUT2D eigenvalue weighted by atomic mass is 9.85. The van der Waals surface area contributed by atoms with E-state index in [0.717, 1.165) is 52.4 Å². The maximum atomic E-state index is 12.6. The summed E-state index contributed by atoms with van der Waals surface area (Å²) in [5, 5.41) is 6.71. The van der Waals surface area contributed by atoms with Gasteiger partial charge in [0.05, 0.1) is 19.8 Å². The lowest BCUT2D eigenvalue weighted by Gasteiger charge is -2.41. The number of benzene rings is 1. The second-order valence-electron chi connectivity index (χ2n) is 10.7. The highest BCUT2D eigenvalue weighted by atomic mass is 16.5. The van der Waals surface area contributed by atoms with Crippen molar-refractivity contribution in [3.05, 3.63) is 35.4 Å². The Kier molecular flexibility index (Phi) is 8.14. The van der Waals surface area contributed by atoms with Gasteiger partial charge in [-0.1, -0.05) is 45.0 Å². The van der Waals surface area contributed by atoms with E-state index in [1.165, 1.54) is 11.1 Å². The van der Waals surface area contributed by atoms with E-state index >= 15 is 0 Å². The SMILES string of the molecule is CC(C)(C)[C@H](CN1CCc2ccccc2C1)NCC(=O)NCC(C)(C)N1CCOCC1. The van der Waals surface area contributed by atoms with Crippen LogP contribution in [0, 0.1) is 5.41 Å². The van der Waals surface area contributed by atoms with Gasteiger partial charge in [0.2, 0.25) is 5.91 Å². The molecular weight excluding hydrogens is 388 g/mol. The number of amides is 1. The fourth-order valence-corrected chi connectivity index (χ4v) is 4.49. The van der Waals surface area contributed by atoms with Crippen LogP contribution in [-0.2, 0) is 22.5 Å². The van der Waals surface area contributed by atoms with Gasteiger partial charge in [0, 0.05) is 50.8 Å². The van der Waals surface area contributed by atoms with Crippen molar-refractivity contribution in [1.29, 1.82) is 0 Å². The van der Waals surface area contributed by atoms with E-state index in [9.17, 15) is 4.79 Å². The van der Waals surface area contributed by atoms with Crippen molar-refractivity contribution in [1.82, 2.24) is 20.4 Å². The first-order chi connectivity index (χ1) is 14.6. The lowest BCUT2D eigenvalue weighted by molar-refractivity contribution is -0.121. The third-order valence-corrected chi connectivity index (χ3v) is 6.79. The molecule has 0 saturated carbocycles. The first-order valence-corrected chi connectivity index (χ1v) is 11.8. The smallest absolute Gasteiger partial charge is 0.234 e. The number of fused-ring (bicyclic) bond motifs is 1. The molecule has 31 heavy (non-hydrogen) atoms. The van der Waals surface area contributed by atoms with Crippen molar-refractivity contribution < 1.29 is 9.53 Å². The molecule has 0 radical (unpaired) electrons. The number of carbonyl (C=O) groups is 1. The largest absolute Gasteiger partial charge is 0.379 e. The lowest BCUT2D eigenvalue weighted by Crippen LogP contribution is -2.57. The van der Waals surface area contributed by atoms with Gasteiger partial charge in [-0.25, -0.2) is 0 Å². The molecule has 2 N–H and O–H groups in total. The summed E-state index contributed by atoms with van der Waals surface area (Å²) in [5.74, 6) is 0.0691. The van der Waals surface area contributed by atoms with Crippen LogP contribution in [0.1, 0.15) is 45.7 Å². The summed E-state index contributed by atoms with van der Waals surface area (Å²) in [6, 6.07) is 8.99. The Morgan fingerprint density at radius 2 is 1.74 bits per heavy atom. The van der Waals surface area contributed by atoms with E-state index in [1.54, 1.807) is 0 Å². The van der Waals surface area contributed by atoms with Crippen molar-refractivity contribution in [2.45, 2.75) is 59.2 Å². The zero-order valence-corrected chi connectivity index (χ0v) is 20.2. The summed E-state index contributed by atoms with van der Waals surface area (Å²) >= 11 is 0. The van der Waals surface area contributed by atoms with Gasteiger partial charge in [0.1, 0.15) is 0 Å². The highest BCUT2D eigenvalue weighted by Gasteiger charge is 2.30. The molecule has 1 saturated heterocycles. The van der Waals surface area contributed by atoms with E-state index in [-0.39, 0.29) is 22.9 Å². The maximum Gasteiger partial charge on any atom is 0.234 e. The first-order valence-electron chi connectivity index (χ1n) is 11.8. The molecule has 1 amide bonds. The molecule has 6 nitrogen and oxygen atoms in total. The Hall–Kier alpha value is -1.47. The first kappa shape index (κ1) is 24.2. The Morgan fingerprint density at radius 3 is 2.42 bits per heavy atom. The van der Waals surface area contributed by atoms with E-state index in [2.05, 4.69) is 79.3 Å². The summed E-state index contributed by atoms with van der Waals surface area (Å²) in [6.45, 7) is 18.5. The number of carbonyl (C=O) groups excluding carboxylic acids is 1. The van der Waals surface area contributed by atoms with Crippen molar-refractivity contribution in [2.24, 2.45) is 5.41 Å². The molecule has 1 atom stereocenters. The number of nitrogens with zero attached hydrogens (tertiary/aromatic N) is 2. The van der Waals surface area contributed by atoms with Crippen LogP contribution in [0.2, 0.25) is 0 Å². The number of nitrogens with one attached hydrogen (secondary N) is 2. The highest BCUT2D eigenvalue weighted by Crippen LogP contribution is 2.24. The highest BCUT2D eigenvalue weighted by molar-refractivity contribution is 5.78. The summed E-state index contributed by atoms with van der Waals surface area (Å²) in [7, 11) is 0. The molecule has 1 fully saturated rings. The topological polar surface area (TPSA) is 56.8 Å². The molecule has 0 unspecified atom stereocenters. The normalized spacial score (nSPS) is 19.6. The Bertz CT molecular complexity index is 722.